The van der Waals surface area contributed by atoms with Gasteiger partial charge in [-0.2, -0.15) is 0 Å². The van der Waals surface area contributed by atoms with E-state index in [-0.39, 0.29) is 0 Å². The average Bonchev–Trinajstić information content (AvgIpc) is 3.10. The molecule has 7 heteroatoms. The van der Waals surface area contributed by atoms with Crippen molar-refractivity contribution in [2.75, 3.05) is 5.73 Å². The number of aromatic nitrogens is 3. The minimum absolute atomic E-state index is 0.542. The van der Waals surface area contributed by atoms with Gasteiger partial charge in [0.25, 0.3) is 0 Å². The molecule has 0 fully saturated rings. The van der Waals surface area contributed by atoms with Crippen LogP contribution in [0.5, 0.6) is 0 Å². The first kappa shape index (κ1) is 19.4. The van der Waals surface area contributed by atoms with Crippen molar-refractivity contribution in [3.05, 3.63) is 81.8 Å². The molecule has 0 aliphatic rings. The number of aryl methyl sites for hydroxylation is 2. The van der Waals surface area contributed by atoms with E-state index in [1.54, 1.807) is 12.4 Å². The van der Waals surface area contributed by atoms with Crippen molar-refractivity contribution in [3.63, 3.8) is 0 Å². The van der Waals surface area contributed by atoms with Crippen LogP contribution in [0.1, 0.15) is 34.0 Å². The number of anilines is 1. The van der Waals surface area contributed by atoms with Gasteiger partial charge in [-0.05, 0) is 54.8 Å². The largest absolute Gasteiger partial charge is 0.444 e. The Morgan fingerprint density at radius 1 is 1.07 bits per heavy atom. The van der Waals surface area contributed by atoms with Gasteiger partial charge in [0.2, 0.25) is 5.89 Å². The first-order valence-corrected chi connectivity index (χ1v) is 9.77. The molecule has 0 spiro atoms. The Labute approximate surface area is 174 Å². The molecule has 0 atom stereocenters. The molecule has 3 N–H and O–H groups in total. The molecule has 3 heterocycles. The van der Waals surface area contributed by atoms with Crippen LogP contribution in [-0.2, 0) is 19.5 Å². The van der Waals surface area contributed by atoms with Crippen LogP contribution >= 0.6 is 11.6 Å². The fraction of sp³-hybridized carbons (Fsp3) is 0.227. The summed E-state index contributed by atoms with van der Waals surface area (Å²) in [5.74, 6) is 2.02. The number of hydrogen-bond acceptors (Lipinski definition) is 6. The third-order valence-electron chi connectivity index (χ3n) is 4.84. The van der Waals surface area contributed by atoms with E-state index < -0.39 is 0 Å². The first-order chi connectivity index (χ1) is 14.0. The lowest BCUT2D eigenvalue weighted by Crippen LogP contribution is -2.15. The van der Waals surface area contributed by atoms with Gasteiger partial charge in [-0.25, -0.2) is 9.97 Å². The molecule has 6 nitrogen and oxygen atoms in total. The van der Waals surface area contributed by atoms with Crippen LogP contribution < -0.4 is 11.1 Å². The summed E-state index contributed by atoms with van der Waals surface area (Å²) in [7, 11) is 0. The molecule has 4 aromatic rings. The van der Waals surface area contributed by atoms with Crippen LogP contribution in [0.2, 0.25) is 5.02 Å². The predicted molar refractivity (Wildman–Crippen MR) is 115 cm³/mol. The highest BCUT2D eigenvalue weighted by Gasteiger charge is 2.09. The minimum Gasteiger partial charge on any atom is -0.444 e. The maximum absolute atomic E-state index is 6.05. The van der Waals surface area contributed by atoms with Crippen molar-refractivity contribution in [3.8, 4) is 0 Å². The van der Waals surface area contributed by atoms with Crippen LogP contribution in [-0.4, -0.2) is 15.0 Å². The fourth-order valence-electron chi connectivity index (χ4n) is 3.43. The molecule has 0 aliphatic heterocycles. The number of fused-ring (bicyclic) bond motifs is 1. The van der Waals surface area contributed by atoms with Gasteiger partial charge in [0.15, 0.2) is 0 Å². The van der Waals surface area contributed by atoms with Crippen molar-refractivity contribution in [1.82, 2.24) is 20.3 Å². The third-order valence-corrected chi connectivity index (χ3v) is 5.05. The highest BCUT2D eigenvalue weighted by atomic mass is 35.5. The molecule has 0 bridgehead atoms. The van der Waals surface area contributed by atoms with E-state index >= 15 is 0 Å². The van der Waals surface area contributed by atoms with Crippen molar-refractivity contribution in [1.29, 1.82) is 0 Å². The van der Waals surface area contributed by atoms with Crippen molar-refractivity contribution in [2.45, 2.75) is 33.4 Å². The fourth-order valence-corrected chi connectivity index (χ4v) is 3.59. The summed E-state index contributed by atoms with van der Waals surface area (Å²) in [4.78, 5) is 13.0. The highest BCUT2D eigenvalue weighted by Crippen LogP contribution is 2.20. The summed E-state index contributed by atoms with van der Waals surface area (Å²) in [5, 5.41) is 5.01. The molecular formula is C22H22ClN5O. The number of hydrogen-bond donors (Lipinski definition) is 2. The van der Waals surface area contributed by atoms with Gasteiger partial charge in [0, 0.05) is 30.2 Å². The molecule has 0 saturated carbocycles. The first-order valence-electron chi connectivity index (χ1n) is 9.39. The van der Waals surface area contributed by atoms with Gasteiger partial charge in [0.05, 0.1) is 23.3 Å². The monoisotopic (exact) mass is 407 g/mol. The van der Waals surface area contributed by atoms with Crippen LogP contribution in [0.3, 0.4) is 0 Å². The van der Waals surface area contributed by atoms with E-state index in [0.717, 1.165) is 39.0 Å². The second kappa shape index (κ2) is 8.19. The molecular weight excluding hydrogens is 386 g/mol. The van der Waals surface area contributed by atoms with Gasteiger partial charge < -0.3 is 15.5 Å². The maximum Gasteiger partial charge on any atom is 0.208 e. The van der Waals surface area contributed by atoms with E-state index in [2.05, 4.69) is 26.3 Å². The summed E-state index contributed by atoms with van der Waals surface area (Å²) < 4.78 is 5.89. The van der Waals surface area contributed by atoms with Gasteiger partial charge in [-0.15, -0.1) is 0 Å². The summed E-state index contributed by atoms with van der Waals surface area (Å²) in [6.45, 7) is 5.23. The standard InChI is InChI=1S/C22H22ClN5O/c1-13-5-21(24)28-14(2)19(13)11-25-12-22-27-10-18(29-22)7-15-3-4-20-16(6-15)8-17(23)9-26-20/h3-6,8-10,25H,7,11-12H2,1-2H3,(H2,24,28). The van der Waals surface area contributed by atoms with E-state index in [1.807, 2.05) is 38.1 Å². The average molecular weight is 408 g/mol. The lowest BCUT2D eigenvalue weighted by atomic mass is 10.1. The van der Waals surface area contributed by atoms with E-state index in [9.17, 15) is 0 Å². The number of oxazole rings is 1. The van der Waals surface area contributed by atoms with Crippen LogP contribution in [0.15, 0.2) is 47.1 Å². The molecule has 148 valence electrons. The van der Waals surface area contributed by atoms with Gasteiger partial charge >= 0.3 is 0 Å². The molecule has 0 unspecified atom stereocenters. The van der Waals surface area contributed by atoms with E-state index in [4.69, 9.17) is 21.8 Å². The number of halogens is 1. The Balaban J connectivity index is 1.39. The molecule has 0 amide bonds. The van der Waals surface area contributed by atoms with Crippen molar-refractivity contribution < 1.29 is 4.42 Å². The second-order valence-corrected chi connectivity index (χ2v) is 7.55. The number of nitrogens with two attached hydrogens (primary N) is 1. The number of benzene rings is 1. The zero-order valence-electron chi connectivity index (χ0n) is 16.4. The SMILES string of the molecule is Cc1cc(N)nc(C)c1CNCc1ncc(Cc2ccc3ncc(Cl)cc3c2)o1. The Bertz CT molecular complexity index is 1150. The molecule has 4 rings (SSSR count). The summed E-state index contributed by atoms with van der Waals surface area (Å²) in [6.07, 6.45) is 4.09. The number of rotatable bonds is 6. The summed E-state index contributed by atoms with van der Waals surface area (Å²) >= 11 is 6.05. The molecule has 1 aromatic carbocycles. The molecule has 0 aliphatic carbocycles. The smallest absolute Gasteiger partial charge is 0.208 e. The molecule has 3 aromatic heterocycles. The highest BCUT2D eigenvalue weighted by molar-refractivity contribution is 6.31. The van der Waals surface area contributed by atoms with Gasteiger partial charge in [-0.1, -0.05) is 17.7 Å². The topological polar surface area (TPSA) is 89.9 Å². The zero-order valence-corrected chi connectivity index (χ0v) is 17.1. The number of pyridine rings is 2. The van der Waals surface area contributed by atoms with Crippen LogP contribution in [0, 0.1) is 13.8 Å². The summed E-state index contributed by atoms with van der Waals surface area (Å²) in [5.41, 5.74) is 11.0. The Hall–Kier alpha value is -2.96. The van der Waals surface area contributed by atoms with Gasteiger partial charge in [0.1, 0.15) is 11.6 Å². The number of nitrogen functional groups attached to an aromatic ring is 1. The minimum atomic E-state index is 0.542. The van der Waals surface area contributed by atoms with Crippen molar-refractivity contribution >= 4 is 28.3 Å². The lowest BCUT2D eigenvalue weighted by molar-refractivity contribution is 0.441. The normalized spacial score (nSPS) is 11.3. The van der Waals surface area contributed by atoms with E-state index in [1.165, 1.54) is 0 Å². The number of nitrogens with one attached hydrogen (secondary N) is 1. The molecule has 0 radical (unpaired) electrons. The summed E-state index contributed by atoms with van der Waals surface area (Å²) in [6, 6.07) is 9.92. The Morgan fingerprint density at radius 2 is 1.93 bits per heavy atom. The van der Waals surface area contributed by atoms with E-state index in [0.29, 0.717) is 36.2 Å². The Morgan fingerprint density at radius 3 is 2.76 bits per heavy atom. The number of nitrogens with zero attached hydrogens (tertiary/aromatic N) is 3. The van der Waals surface area contributed by atoms with Crippen molar-refractivity contribution in [2.24, 2.45) is 0 Å². The van der Waals surface area contributed by atoms with Crippen LogP contribution in [0.25, 0.3) is 10.9 Å². The van der Waals surface area contributed by atoms with Gasteiger partial charge in [-0.3, -0.25) is 4.98 Å². The predicted octanol–water partition coefficient (Wildman–Crippen LogP) is 4.35. The maximum atomic E-state index is 6.05. The quantitative estimate of drug-likeness (QED) is 0.493. The molecule has 29 heavy (non-hydrogen) atoms. The second-order valence-electron chi connectivity index (χ2n) is 7.11. The van der Waals surface area contributed by atoms with Crippen LogP contribution in [0.4, 0.5) is 5.82 Å². The lowest BCUT2D eigenvalue weighted by Gasteiger charge is -2.10. The zero-order chi connectivity index (χ0) is 20.4. The molecule has 0 saturated heterocycles. The Kier molecular flexibility index (Phi) is 5.47. The third kappa shape index (κ3) is 4.55.